The number of fused-ring (bicyclic) bond motifs is 4. The van der Waals surface area contributed by atoms with Gasteiger partial charge in [0, 0.05) is 31.1 Å². The molecule has 6 aromatic rings. The molecule has 0 bridgehead atoms. The summed E-state index contributed by atoms with van der Waals surface area (Å²) in [5.74, 6) is -0.120. The van der Waals surface area contributed by atoms with E-state index in [0.717, 1.165) is 69.5 Å². The molecule has 11 nitrogen and oxygen atoms in total. The van der Waals surface area contributed by atoms with Crippen molar-refractivity contribution in [2.24, 2.45) is 22.9 Å². The molecule has 9 rings (SSSR count). The van der Waals surface area contributed by atoms with Crippen LogP contribution in [0.25, 0.3) is 21.5 Å². The summed E-state index contributed by atoms with van der Waals surface area (Å²) >= 11 is 0. The highest BCUT2D eigenvalue weighted by atomic mass is 16.7. The van der Waals surface area contributed by atoms with Gasteiger partial charge in [-0.1, -0.05) is 133 Å². The summed E-state index contributed by atoms with van der Waals surface area (Å²) < 4.78 is 33.6. The van der Waals surface area contributed by atoms with E-state index in [1.54, 1.807) is 18.1 Å². The average molecular weight is 945 g/mol. The molecule has 0 aromatic heterocycles. The second kappa shape index (κ2) is 22.9. The van der Waals surface area contributed by atoms with Gasteiger partial charge in [-0.05, 0) is 106 Å². The van der Waals surface area contributed by atoms with Crippen molar-refractivity contribution < 1.29 is 43.5 Å². The first-order chi connectivity index (χ1) is 34.4. The van der Waals surface area contributed by atoms with Gasteiger partial charge in [0.05, 0.1) is 38.0 Å². The van der Waals surface area contributed by atoms with Crippen LogP contribution < -0.4 is 9.47 Å². The summed E-state index contributed by atoms with van der Waals surface area (Å²) in [7, 11) is 1.55. The third-order valence-electron chi connectivity index (χ3n) is 14.2. The van der Waals surface area contributed by atoms with E-state index in [1.165, 1.54) is 0 Å². The summed E-state index contributed by atoms with van der Waals surface area (Å²) in [4.78, 5) is 22.6. The van der Waals surface area contributed by atoms with Crippen LogP contribution in [0.5, 0.6) is 17.2 Å². The second-order valence-electron chi connectivity index (χ2n) is 18.5. The van der Waals surface area contributed by atoms with Crippen molar-refractivity contribution in [2.45, 2.75) is 75.8 Å². The number of unbranched alkanes of at least 4 members (excludes halogenated alkanes) is 2. The summed E-state index contributed by atoms with van der Waals surface area (Å²) in [5.41, 5.74) is 4.55. The van der Waals surface area contributed by atoms with Crippen molar-refractivity contribution in [2.75, 3.05) is 40.1 Å². The topological polar surface area (TPSA) is 129 Å². The minimum atomic E-state index is -1.48. The number of aliphatic hydroxyl groups excluding tert-OH is 2. The lowest BCUT2D eigenvalue weighted by Crippen LogP contribution is -2.70. The molecule has 0 spiro atoms. The standard InChI is InChI=1S/C59H64N2O9/c1-3-32-68-59-55(61(39-46-23-15-22-43-19-9-10-24-49(43)46)58(64)67-34-33-66-40-41-16-5-4-6-17-41)38-53(60-65-2)51-36-45(21-11-13-30-62)50(25-12-14-31-63)56(57(51)59)52-37-48(28-29-54(52)70-59)69-47-27-26-42-18-7-8-20-44(42)35-47/h3-10,15-20,22-24,26-29,35-37,45,50,55-57,62-63H,1,11-14,21,25,30-34,38-40H2,2H3/t45-,50+,55-,56+,57+,59+/m0/s1. The summed E-state index contributed by atoms with van der Waals surface area (Å²) in [5, 5.41) is 29.1. The summed E-state index contributed by atoms with van der Waals surface area (Å²) in [6.45, 7) is 5.19. The molecule has 1 aliphatic heterocycles. The van der Waals surface area contributed by atoms with Crippen LogP contribution >= 0.6 is 0 Å². The van der Waals surface area contributed by atoms with E-state index < -0.39 is 23.8 Å². The molecule has 2 aliphatic carbocycles. The number of hydrogen-bond donors (Lipinski definition) is 2. The Bertz CT molecular complexity index is 2790. The first-order valence-electron chi connectivity index (χ1n) is 24.7. The van der Waals surface area contributed by atoms with Crippen LogP contribution in [0, 0.1) is 17.8 Å². The number of oxime groups is 1. The molecule has 0 unspecified atom stereocenters. The molecule has 1 heterocycles. The Labute approximate surface area is 410 Å². The number of hydrogen-bond acceptors (Lipinski definition) is 10. The molecule has 70 heavy (non-hydrogen) atoms. The molecule has 6 atom stereocenters. The van der Waals surface area contributed by atoms with Gasteiger partial charge in [0.15, 0.2) is 0 Å². The fourth-order valence-corrected chi connectivity index (χ4v) is 11.1. The predicted octanol–water partition coefficient (Wildman–Crippen LogP) is 11.9. The number of carbonyl (C=O) groups excluding carboxylic acids is 1. The Kier molecular flexibility index (Phi) is 15.9. The minimum absolute atomic E-state index is 0.0211. The van der Waals surface area contributed by atoms with Gasteiger partial charge in [-0.3, -0.25) is 4.90 Å². The van der Waals surface area contributed by atoms with E-state index in [1.807, 2.05) is 91.0 Å². The van der Waals surface area contributed by atoms with E-state index in [-0.39, 0.29) is 63.8 Å². The number of amides is 1. The largest absolute Gasteiger partial charge is 0.459 e. The Morgan fingerprint density at radius 2 is 1.54 bits per heavy atom. The lowest BCUT2D eigenvalue weighted by molar-refractivity contribution is -0.256. The van der Waals surface area contributed by atoms with Crippen molar-refractivity contribution >= 4 is 33.3 Å². The zero-order valence-electron chi connectivity index (χ0n) is 40.0. The molecular formula is C59H64N2O9. The van der Waals surface area contributed by atoms with E-state index in [9.17, 15) is 10.2 Å². The van der Waals surface area contributed by atoms with Crippen LogP contribution in [-0.2, 0) is 32.2 Å². The van der Waals surface area contributed by atoms with Gasteiger partial charge in [-0.15, -0.1) is 6.58 Å². The fourth-order valence-electron chi connectivity index (χ4n) is 11.1. The third-order valence-corrected chi connectivity index (χ3v) is 14.2. The molecule has 364 valence electrons. The van der Waals surface area contributed by atoms with E-state index >= 15 is 4.79 Å². The Morgan fingerprint density at radius 1 is 0.814 bits per heavy atom. The quantitative estimate of drug-likeness (QED) is 0.0388. The van der Waals surface area contributed by atoms with Crippen molar-refractivity contribution in [3.05, 3.63) is 174 Å². The van der Waals surface area contributed by atoms with Gasteiger partial charge in [0.2, 0.25) is 5.79 Å². The monoisotopic (exact) mass is 944 g/mol. The Hall–Kier alpha value is -6.50. The number of allylic oxidation sites excluding steroid dienone is 1. The number of rotatable bonds is 22. The molecule has 3 aliphatic rings. The lowest BCUT2D eigenvalue weighted by atomic mass is 9.55. The molecule has 6 aromatic carbocycles. The first-order valence-corrected chi connectivity index (χ1v) is 24.7. The van der Waals surface area contributed by atoms with Gasteiger partial charge in [-0.25, -0.2) is 4.79 Å². The van der Waals surface area contributed by atoms with E-state index in [4.69, 9.17) is 33.7 Å². The highest BCUT2D eigenvalue weighted by Gasteiger charge is 2.65. The lowest BCUT2D eigenvalue weighted by Gasteiger charge is -2.59. The van der Waals surface area contributed by atoms with Gasteiger partial charge < -0.3 is 38.7 Å². The Balaban J connectivity index is 1.18. The summed E-state index contributed by atoms with van der Waals surface area (Å²) in [6, 6.07) is 43.7. The SMILES string of the molecule is C=CCO[C@@]12Oc3ccc(Oc4ccc5ccccc5c4)cc3[C@H]3[C@H](CCCCO)[C@@H](CCCCO)C=C(C(=NOC)C[C@@H]1N(Cc1cccc4ccccc14)C(=O)OCCOCc1ccccc1)[C@H]32. The maximum atomic E-state index is 15.2. The van der Waals surface area contributed by atoms with Crippen molar-refractivity contribution in [1.29, 1.82) is 0 Å². The minimum Gasteiger partial charge on any atom is -0.459 e. The van der Waals surface area contributed by atoms with Gasteiger partial charge in [0.1, 0.15) is 37.0 Å². The fraction of sp³-hybridized carbons (Fsp3) is 0.356. The van der Waals surface area contributed by atoms with Gasteiger partial charge in [-0.2, -0.15) is 0 Å². The van der Waals surface area contributed by atoms with Gasteiger partial charge >= 0.3 is 6.09 Å². The average Bonchev–Trinajstić information content (AvgIpc) is 3.39. The normalized spacial score (nSPS) is 21.8. The van der Waals surface area contributed by atoms with Crippen LogP contribution in [0.1, 0.15) is 67.6 Å². The highest BCUT2D eigenvalue weighted by Crippen LogP contribution is 2.62. The maximum absolute atomic E-state index is 15.2. The first kappa shape index (κ1) is 48.5. The highest BCUT2D eigenvalue weighted by molar-refractivity contribution is 6.03. The zero-order chi connectivity index (χ0) is 48.3. The molecule has 11 heteroatoms. The molecule has 0 saturated heterocycles. The summed E-state index contributed by atoms with van der Waals surface area (Å²) in [6.07, 6.45) is 8.31. The van der Waals surface area contributed by atoms with Crippen LogP contribution in [-0.4, -0.2) is 78.9 Å². The smallest absolute Gasteiger partial charge is 0.410 e. The number of aliphatic hydroxyl groups is 2. The zero-order valence-corrected chi connectivity index (χ0v) is 40.0. The molecule has 0 radical (unpaired) electrons. The third kappa shape index (κ3) is 10.5. The van der Waals surface area contributed by atoms with E-state index in [2.05, 4.69) is 55.1 Å². The maximum Gasteiger partial charge on any atom is 0.410 e. The van der Waals surface area contributed by atoms with Crippen molar-refractivity contribution in [3.8, 4) is 17.2 Å². The number of ether oxygens (including phenoxy) is 5. The van der Waals surface area contributed by atoms with Gasteiger partial charge in [0.25, 0.3) is 0 Å². The number of carbonyl (C=O) groups is 1. The van der Waals surface area contributed by atoms with Crippen molar-refractivity contribution in [1.82, 2.24) is 4.90 Å². The van der Waals surface area contributed by atoms with Crippen LogP contribution in [0.3, 0.4) is 0 Å². The van der Waals surface area contributed by atoms with Crippen LogP contribution in [0.4, 0.5) is 4.79 Å². The molecule has 2 N–H and O–H groups in total. The Morgan fingerprint density at radius 3 is 2.34 bits per heavy atom. The second-order valence-corrected chi connectivity index (χ2v) is 18.5. The van der Waals surface area contributed by atoms with Crippen molar-refractivity contribution in [3.63, 3.8) is 0 Å². The van der Waals surface area contributed by atoms with Crippen LogP contribution in [0.15, 0.2) is 163 Å². The molecule has 1 saturated carbocycles. The molecule has 1 amide bonds. The number of benzene rings is 6. The van der Waals surface area contributed by atoms with E-state index in [0.29, 0.717) is 42.4 Å². The predicted molar refractivity (Wildman–Crippen MR) is 273 cm³/mol. The molecular weight excluding hydrogens is 881 g/mol. The molecule has 1 fully saturated rings. The van der Waals surface area contributed by atoms with Crippen LogP contribution in [0.2, 0.25) is 0 Å². The number of nitrogens with zero attached hydrogens (tertiary/aromatic N) is 2.